The fraction of sp³-hybridized carbons (Fsp3) is 0.375. The standard InChI is InChI=1S/C24H27BrN4O/c1-16(2)15-29(13-12-22(30)26-19-10-11-19)24-20-8-3-4-9-21(20)27-23(28-24)17-6-5-7-18(25)14-17/h3-9,14,16,19H,10-13,15H2,1-2H3,(H,26,30). The van der Waals surface area contributed by atoms with E-state index >= 15 is 0 Å². The third-order valence-corrected chi connectivity index (χ3v) is 5.60. The molecule has 0 spiro atoms. The second-order valence-corrected chi connectivity index (χ2v) is 9.25. The summed E-state index contributed by atoms with van der Waals surface area (Å²) >= 11 is 3.54. The predicted octanol–water partition coefficient (Wildman–Crippen LogP) is 5.19. The molecule has 0 aliphatic heterocycles. The minimum absolute atomic E-state index is 0.122. The van der Waals surface area contributed by atoms with Crippen molar-refractivity contribution in [3.63, 3.8) is 0 Å². The number of nitrogens with zero attached hydrogens (tertiary/aromatic N) is 3. The highest BCUT2D eigenvalue weighted by Crippen LogP contribution is 2.29. The van der Waals surface area contributed by atoms with E-state index < -0.39 is 0 Å². The summed E-state index contributed by atoms with van der Waals surface area (Å²) in [5.74, 6) is 2.15. The van der Waals surface area contributed by atoms with Gasteiger partial charge in [-0.15, -0.1) is 0 Å². The van der Waals surface area contributed by atoms with Crippen molar-refractivity contribution in [2.24, 2.45) is 5.92 Å². The van der Waals surface area contributed by atoms with Crippen LogP contribution in [0.1, 0.15) is 33.1 Å². The average molecular weight is 467 g/mol. The normalized spacial score (nSPS) is 13.6. The summed E-state index contributed by atoms with van der Waals surface area (Å²) in [6, 6.07) is 16.5. The molecule has 3 aromatic rings. The zero-order valence-corrected chi connectivity index (χ0v) is 19.0. The molecule has 1 aliphatic rings. The largest absolute Gasteiger partial charge is 0.355 e. The molecule has 0 saturated heterocycles. The molecule has 30 heavy (non-hydrogen) atoms. The first-order valence-electron chi connectivity index (χ1n) is 10.6. The van der Waals surface area contributed by atoms with E-state index in [4.69, 9.17) is 9.97 Å². The summed E-state index contributed by atoms with van der Waals surface area (Å²) in [4.78, 5) is 24.4. The Morgan fingerprint density at radius 1 is 1.17 bits per heavy atom. The number of carbonyl (C=O) groups excluding carboxylic acids is 1. The second-order valence-electron chi connectivity index (χ2n) is 8.33. The van der Waals surface area contributed by atoms with Crippen LogP contribution < -0.4 is 10.2 Å². The maximum Gasteiger partial charge on any atom is 0.221 e. The van der Waals surface area contributed by atoms with E-state index in [2.05, 4.69) is 46.1 Å². The molecule has 156 valence electrons. The van der Waals surface area contributed by atoms with Gasteiger partial charge in [0, 0.05) is 41.0 Å². The lowest BCUT2D eigenvalue weighted by Gasteiger charge is -2.27. The van der Waals surface area contributed by atoms with Crippen molar-refractivity contribution >= 4 is 38.6 Å². The van der Waals surface area contributed by atoms with Crippen LogP contribution in [-0.4, -0.2) is 35.0 Å². The van der Waals surface area contributed by atoms with E-state index in [1.165, 1.54) is 0 Å². The Labute approximate surface area is 186 Å². The summed E-state index contributed by atoms with van der Waals surface area (Å²) in [5.41, 5.74) is 1.88. The first-order chi connectivity index (χ1) is 14.5. The molecule has 1 aromatic heterocycles. The summed E-state index contributed by atoms with van der Waals surface area (Å²) < 4.78 is 0.995. The molecule has 4 rings (SSSR count). The molecule has 0 bridgehead atoms. The molecule has 5 nitrogen and oxygen atoms in total. The number of fused-ring (bicyclic) bond motifs is 1. The number of hydrogen-bond acceptors (Lipinski definition) is 4. The summed E-state index contributed by atoms with van der Waals surface area (Å²) in [6.45, 7) is 5.84. The number of nitrogens with one attached hydrogen (secondary N) is 1. The molecule has 1 N–H and O–H groups in total. The SMILES string of the molecule is CC(C)CN(CCC(=O)NC1CC1)c1nc(-c2cccc(Br)c2)nc2ccccc12. The number of carbonyl (C=O) groups is 1. The predicted molar refractivity (Wildman–Crippen MR) is 126 cm³/mol. The Bertz CT molecular complexity index is 1050. The lowest BCUT2D eigenvalue weighted by Crippen LogP contribution is -2.34. The zero-order chi connectivity index (χ0) is 21.1. The molecule has 1 amide bonds. The van der Waals surface area contributed by atoms with Gasteiger partial charge in [-0.1, -0.05) is 54.0 Å². The molecule has 1 saturated carbocycles. The molecular formula is C24H27BrN4O. The van der Waals surface area contributed by atoms with Crippen LogP contribution in [0.2, 0.25) is 0 Å². The minimum atomic E-state index is 0.122. The number of hydrogen-bond donors (Lipinski definition) is 1. The van der Waals surface area contributed by atoms with Gasteiger partial charge in [-0.2, -0.15) is 0 Å². The van der Waals surface area contributed by atoms with Gasteiger partial charge in [0.2, 0.25) is 5.91 Å². The molecule has 0 radical (unpaired) electrons. The Balaban J connectivity index is 1.71. The lowest BCUT2D eigenvalue weighted by atomic mass is 10.1. The monoisotopic (exact) mass is 466 g/mol. The highest BCUT2D eigenvalue weighted by atomic mass is 79.9. The maximum atomic E-state index is 12.3. The topological polar surface area (TPSA) is 58.1 Å². The number of aromatic nitrogens is 2. The van der Waals surface area contributed by atoms with E-state index in [9.17, 15) is 4.79 Å². The molecule has 1 fully saturated rings. The van der Waals surface area contributed by atoms with E-state index in [1.54, 1.807) is 0 Å². The molecule has 2 aromatic carbocycles. The van der Waals surface area contributed by atoms with Crippen LogP contribution in [0, 0.1) is 5.92 Å². The number of halogens is 1. The average Bonchev–Trinajstić information content (AvgIpc) is 3.54. The van der Waals surface area contributed by atoms with Crippen molar-refractivity contribution in [3.05, 3.63) is 53.0 Å². The quantitative estimate of drug-likeness (QED) is 0.496. The van der Waals surface area contributed by atoms with Gasteiger partial charge in [-0.05, 0) is 43.0 Å². The van der Waals surface area contributed by atoms with Crippen molar-refractivity contribution in [2.45, 2.75) is 39.2 Å². The summed E-state index contributed by atoms with van der Waals surface area (Å²) in [5, 5.41) is 4.10. The van der Waals surface area contributed by atoms with Gasteiger partial charge in [0.05, 0.1) is 5.52 Å². The van der Waals surface area contributed by atoms with Gasteiger partial charge >= 0.3 is 0 Å². The van der Waals surface area contributed by atoms with E-state index in [1.807, 2.05) is 42.5 Å². The van der Waals surface area contributed by atoms with Gasteiger partial charge in [0.1, 0.15) is 5.82 Å². The number of benzene rings is 2. The molecule has 0 unspecified atom stereocenters. The second kappa shape index (κ2) is 9.13. The van der Waals surface area contributed by atoms with Gasteiger partial charge < -0.3 is 10.2 Å². The van der Waals surface area contributed by atoms with Gasteiger partial charge in [-0.3, -0.25) is 4.79 Å². The number of rotatable bonds is 8. The zero-order valence-electron chi connectivity index (χ0n) is 17.4. The Hall–Kier alpha value is -2.47. The van der Waals surface area contributed by atoms with Crippen molar-refractivity contribution in [1.29, 1.82) is 0 Å². The van der Waals surface area contributed by atoms with Crippen molar-refractivity contribution in [1.82, 2.24) is 15.3 Å². The summed E-state index contributed by atoms with van der Waals surface area (Å²) in [6.07, 6.45) is 2.68. The van der Waals surface area contributed by atoms with Crippen LogP contribution in [0.5, 0.6) is 0 Å². The highest BCUT2D eigenvalue weighted by Gasteiger charge is 2.24. The number of amides is 1. The smallest absolute Gasteiger partial charge is 0.221 e. The van der Waals surface area contributed by atoms with Crippen LogP contribution in [0.3, 0.4) is 0 Å². The van der Waals surface area contributed by atoms with Crippen LogP contribution in [0.4, 0.5) is 5.82 Å². The Morgan fingerprint density at radius 3 is 2.70 bits per heavy atom. The molecule has 1 heterocycles. The Kier molecular flexibility index (Phi) is 6.32. The van der Waals surface area contributed by atoms with E-state index in [-0.39, 0.29) is 5.91 Å². The lowest BCUT2D eigenvalue weighted by molar-refractivity contribution is -0.121. The molecular weight excluding hydrogens is 440 g/mol. The Morgan fingerprint density at radius 2 is 1.97 bits per heavy atom. The van der Waals surface area contributed by atoms with Crippen LogP contribution in [0.15, 0.2) is 53.0 Å². The van der Waals surface area contributed by atoms with Crippen molar-refractivity contribution in [2.75, 3.05) is 18.0 Å². The molecule has 1 aliphatic carbocycles. The fourth-order valence-corrected chi connectivity index (χ4v) is 3.95. The van der Waals surface area contributed by atoms with Crippen molar-refractivity contribution in [3.8, 4) is 11.4 Å². The minimum Gasteiger partial charge on any atom is -0.355 e. The first-order valence-corrected chi connectivity index (χ1v) is 11.4. The fourth-order valence-electron chi connectivity index (χ4n) is 3.55. The number of para-hydroxylation sites is 1. The van der Waals surface area contributed by atoms with E-state index in [0.29, 0.717) is 30.7 Å². The van der Waals surface area contributed by atoms with Gasteiger partial charge in [0.15, 0.2) is 5.82 Å². The third-order valence-electron chi connectivity index (χ3n) is 5.10. The first kappa shape index (κ1) is 20.8. The maximum absolute atomic E-state index is 12.3. The summed E-state index contributed by atoms with van der Waals surface area (Å²) in [7, 11) is 0. The number of anilines is 1. The van der Waals surface area contributed by atoms with E-state index in [0.717, 1.165) is 46.1 Å². The van der Waals surface area contributed by atoms with Crippen LogP contribution in [0.25, 0.3) is 22.3 Å². The van der Waals surface area contributed by atoms with Crippen molar-refractivity contribution < 1.29 is 4.79 Å². The molecule has 6 heteroatoms. The van der Waals surface area contributed by atoms with Crippen LogP contribution in [-0.2, 0) is 4.79 Å². The van der Waals surface area contributed by atoms with Gasteiger partial charge in [0.25, 0.3) is 0 Å². The molecule has 0 atom stereocenters. The third kappa shape index (κ3) is 5.17. The van der Waals surface area contributed by atoms with Gasteiger partial charge in [-0.25, -0.2) is 9.97 Å². The highest BCUT2D eigenvalue weighted by molar-refractivity contribution is 9.10. The van der Waals surface area contributed by atoms with Crippen LogP contribution >= 0.6 is 15.9 Å².